The Morgan fingerprint density at radius 2 is 1.67 bits per heavy atom. The van der Waals surface area contributed by atoms with Gasteiger partial charge in [-0.05, 0) is 24.6 Å². The highest BCUT2D eigenvalue weighted by molar-refractivity contribution is 7.87. The second-order valence-electron chi connectivity index (χ2n) is 5.17. The Morgan fingerprint density at radius 1 is 1.00 bits per heavy atom. The summed E-state index contributed by atoms with van der Waals surface area (Å²) in [5.74, 6) is -0.200. The SMILES string of the molecule is Cc1ccc(S(=O)(=O)Oc2cc(-c3ccccc3)c(=O)[nH]n2)cc1. The molecule has 0 bridgehead atoms. The van der Waals surface area contributed by atoms with Crippen molar-refractivity contribution in [2.75, 3.05) is 0 Å². The molecule has 24 heavy (non-hydrogen) atoms. The van der Waals surface area contributed by atoms with E-state index >= 15 is 0 Å². The largest absolute Gasteiger partial charge is 0.357 e. The molecule has 1 aromatic heterocycles. The van der Waals surface area contributed by atoms with E-state index in [2.05, 4.69) is 10.2 Å². The lowest BCUT2D eigenvalue weighted by Crippen LogP contribution is -2.15. The average Bonchev–Trinajstić information content (AvgIpc) is 2.57. The molecule has 0 saturated heterocycles. The number of nitrogens with one attached hydrogen (secondary N) is 1. The molecular weight excluding hydrogens is 328 g/mol. The Hall–Kier alpha value is -2.93. The average molecular weight is 342 g/mol. The van der Waals surface area contributed by atoms with Crippen LogP contribution in [-0.4, -0.2) is 18.6 Å². The zero-order valence-electron chi connectivity index (χ0n) is 12.8. The summed E-state index contributed by atoms with van der Waals surface area (Å²) in [7, 11) is -4.03. The van der Waals surface area contributed by atoms with Crippen LogP contribution in [0.4, 0.5) is 0 Å². The quantitative estimate of drug-likeness (QED) is 0.736. The van der Waals surface area contributed by atoms with Gasteiger partial charge in [0.1, 0.15) is 4.90 Å². The van der Waals surface area contributed by atoms with Gasteiger partial charge >= 0.3 is 10.1 Å². The summed E-state index contributed by atoms with van der Waals surface area (Å²) in [5.41, 5.74) is 1.42. The third-order valence-electron chi connectivity index (χ3n) is 3.37. The van der Waals surface area contributed by atoms with Crippen molar-refractivity contribution in [2.45, 2.75) is 11.8 Å². The van der Waals surface area contributed by atoms with Crippen LogP contribution in [0, 0.1) is 6.92 Å². The van der Waals surface area contributed by atoms with Crippen LogP contribution < -0.4 is 9.74 Å². The van der Waals surface area contributed by atoms with Crippen molar-refractivity contribution in [3.63, 3.8) is 0 Å². The maximum Gasteiger partial charge on any atom is 0.340 e. The van der Waals surface area contributed by atoms with Crippen molar-refractivity contribution in [1.29, 1.82) is 0 Å². The summed E-state index contributed by atoms with van der Waals surface area (Å²) >= 11 is 0. The zero-order chi connectivity index (χ0) is 17.2. The van der Waals surface area contributed by atoms with Gasteiger partial charge in [0, 0.05) is 6.07 Å². The summed E-state index contributed by atoms with van der Waals surface area (Å²) in [4.78, 5) is 11.9. The van der Waals surface area contributed by atoms with Gasteiger partial charge in [-0.25, -0.2) is 5.10 Å². The molecular formula is C17H14N2O4S. The highest BCUT2D eigenvalue weighted by Gasteiger charge is 2.18. The first-order valence-corrected chi connectivity index (χ1v) is 8.53. The van der Waals surface area contributed by atoms with Gasteiger partial charge in [0.25, 0.3) is 11.4 Å². The van der Waals surface area contributed by atoms with Crippen LogP contribution in [0.15, 0.2) is 70.4 Å². The lowest BCUT2D eigenvalue weighted by atomic mass is 10.1. The van der Waals surface area contributed by atoms with Gasteiger partial charge < -0.3 is 4.18 Å². The molecule has 0 aliphatic rings. The zero-order valence-corrected chi connectivity index (χ0v) is 13.6. The van der Waals surface area contributed by atoms with E-state index in [1.807, 2.05) is 13.0 Å². The van der Waals surface area contributed by atoms with Gasteiger partial charge in [-0.3, -0.25) is 4.79 Å². The predicted molar refractivity (Wildman–Crippen MR) is 89.3 cm³/mol. The van der Waals surface area contributed by atoms with Gasteiger partial charge in [0.05, 0.1) is 5.56 Å². The van der Waals surface area contributed by atoms with E-state index in [0.717, 1.165) is 5.56 Å². The van der Waals surface area contributed by atoms with Crippen LogP contribution in [0.2, 0.25) is 0 Å². The molecule has 3 rings (SSSR count). The standard InChI is InChI=1S/C17H14N2O4S/c1-12-7-9-14(10-8-12)24(21,22)23-16-11-15(17(20)19-18-16)13-5-3-2-4-6-13/h2-11H,1H3,(H,19,20). The number of H-pyrrole nitrogens is 1. The fourth-order valence-corrected chi connectivity index (χ4v) is 3.00. The van der Waals surface area contributed by atoms with Gasteiger partial charge in [0.2, 0.25) is 0 Å². The number of benzene rings is 2. The highest BCUT2D eigenvalue weighted by Crippen LogP contribution is 2.21. The van der Waals surface area contributed by atoms with Crippen molar-refractivity contribution in [1.82, 2.24) is 10.2 Å². The van der Waals surface area contributed by atoms with Crippen molar-refractivity contribution in [3.8, 4) is 17.0 Å². The molecule has 0 radical (unpaired) electrons. The van der Waals surface area contributed by atoms with E-state index in [1.165, 1.54) is 18.2 Å². The summed E-state index contributed by atoms with van der Waals surface area (Å²) in [6.07, 6.45) is 0. The molecule has 0 saturated carbocycles. The number of hydrogen-bond donors (Lipinski definition) is 1. The molecule has 122 valence electrons. The minimum absolute atomic E-state index is 0.0161. The Morgan fingerprint density at radius 3 is 2.33 bits per heavy atom. The van der Waals surface area contributed by atoms with Gasteiger partial charge in [-0.15, -0.1) is 5.10 Å². The highest BCUT2D eigenvalue weighted by atomic mass is 32.2. The Bertz CT molecular complexity index is 1010. The van der Waals surface area contributed by atoms with Gasteiger partial charge in [0.15, 0.2) is 0 Å². The van der Waals surface area contributed by atoms with Crippen LogP contribution in [0.25, 0.3) is 11.1 Å². The van der Waals surface area contributed by atoms with E-state index < -0.39 is 15.7 Å². The molecule has 1 heterocycles. The number of nitrogens with zero attached hydrogens (tertiary/aromatic N) is 1. The van der Waals surface area contributed by atoms with E-state index in [9.17, 15) is 13.2 Å². The van der Waals surface area contributed by atoms with Crippen molar-refractivity contribution >= 4 is 10.1 Å². The van der Waals surface area contributed by atoms with E-state index in [1.54, 1.807) is 36.4 Å². The molecule has 0 aliphatic carbocycles. The van der Waals surface area contributed by atoms with Gasteiger partial charge in [-0.2, -0.15) is 8.42 Å². The van der Waals surface area contributed by atoms with Crippen LogP contribution in [0.3, 0.4) is 0 Å². The molecule has 7 heteroatoms. The molecule has 2 aromatic carbocycles. The molecule has 3 aromatic rings. The smallest absolute Gasteiger partial charge is 0.340 e. The minimum Gasteiger partial charge on any atom is -0.357 e. The van der Waals surface area contributed by atoms with Crippen LogP contribution >= 0.6 is 0 Å². The number of aromatic amines is 1. The first kappa shape index (κ1) is 15.9. The van der Waals surface area contributed by atoms with Crippen LogP contribution in [0.1, 0.15) is 5.56 Å². The molecule has 0 fully saturated rings. The maximum absolute atomic E-state index is 12.3. The third-order valence-corrected chi connectivity index (χ3v) is 4.61. The Balaban J connectivity index is 1.96. The van der Waals surface area contributed by atoms with E-state index in [0.29, 0.717) is 5.56 Å². The van der Waals surface area contributed by atoms with Crippen molar-refractivity contribution < 1.29 is 12.6 Å². The first-order valence-electron chi connectivity index (χ1n) is 7.12. The maximum atomic E-state index is 12.3. The number of aromatic nitrogens is 2. The normalized spacial score (nSPS) is 11.2. The second kappa shape index (κ2) is 6.29. The van der Waals surface area contributed by atoms with Gasteiger partial charge in [-0.1, -0.05) is 48.0 Å². The summed E-state index contributed by atoms with van der Waals surface area (Å²) in [5, 5.41) is 5.91. The number of rotatable bonds is 4. The van der Waals surface area contributed by atoms with E-state index in [4.69, 9.17) is 4.18 Å². The molecule has 0 unspecified atom stereocenters. The van der Waals surface area contributed by atoms with Crippen LogP contribution in [-0.2, 0) is 10.1 Å². The third kappa shape index (κ3) is 3.36. The lowest BCUT2D eigenvalue weighted by Gasteiger charge is -2.07. The summed E-state index contributed by atoms with van der Waals surface area (Å²) in [6, 6.07) is 16.4. The van der Waals surface area contributed by atoms with Crippen molar-refractivity contribution in [3.05, 3.63) is 76.6 Å². The van der Waals surface area contributed by atoms with Crippen LogP contribution in [0.5, 0.6) is 5.88 Å². The molecule has 0 atom stereocenters. The summed E-state index contributed by atoms with van der Waals surface area (Å²) < 4.78 is 29.6. The fourth-order valence-electron chi connectivity index (χ4n) is 2.13. The first-order chi connectivity index (χ1) is 11.5. The monoisotopic (exact) mass is 342 g/mol. The number of hydrogen-bond acceptors (Lipinski definition) is 5. The Labute approximate surface area is 138 Å². The number of aryl methyl sites for hydroxylation is 1. The Kier molecular flexibility index (Phi) is 4.18. The fraction of sp³-hybridized carbons (Fsp3) is 0.0588. The molecule has 6 nitrogen and oxygen atoms in total. The lowest BCUT2D eigenvalue weighted by molar-refractivity contribution is 0.471. The minimum atomic E-state index is -4.03. The predicted octanol–water partition coefficient (Wildman–Crippen LogP) is 2.51. The molecule has 0 aliphatic heterocycles. The molecule has 0 amide bonds. The van der Waals surface area contributed by atoms with Crippen molar-refractivity contribution in [2.24, 2.45) is 0 Å². The topological polar surface area (TPSA) is 89.1 Å². The molecule has 0 spiro atoms. The second-order valence-corrected chi connectivity index (χ2v) is 6.71. The van der Waals surface area contributed by atoms with E-state index in [-0.39, 0.29) is 16.3 Å². The molecule has 1 N–H and O–H groups in total. The summed E-state index contributed by atoms with van der Waals surface area (Å²) in [6.45, 7) is 1.85.